The van der Waals surface area contributed by atoms with E-state index in [-0.39, 0.29) is 11.9 Å². The van der Waals surface area contributed by atoms with Gasteiger partial charge in [0.2, 0.25) is 10.0 Å². The average Bonchev–Trinajstić information content (AvgIpc) is 3.20. The summed E-state index contributed by atoms with van der Waals surface area (Å²) in [5.74, 6) is -0.203. The molecule has 0 radical (unpaired) electrons. The molecule has 7 heteroatoms. The van der Waals surface area contributed by atoms with Gasteiger partial charge in [-0.15, -0.1) is 0 Å². The lowest BCUT2D eigenvalue weighted by Crippen LogP contribution is -2.34. The molecule has 0 saturated carbocycles. The zero-order valence-corrected chi connectivity index (χ0v) is 17.7. The number of hydrogen-bond donors (Lipinski definition) is 1. The van der Waals surface area contributed by atoms with Gasteiger partial charge >= 0.3 is 0 Å². The minimum atomic E-state index is -3.34. The maximum Gasteiger partial charge on any atom is 0.255 e. The molecule has 1 N–H and O–H groups in total. The largest absolute Gasteiger partial charge is 0.347 e. The van der Waals surface area contributed by atoms with Crippen LogP contribution >= 0.6 is 0 Å². The lowest BCUT2D eigenvalue weighted by Gasteiger charge is -2.21. The van der Waals surface area contributed by atoms with E-state index in [1.165, 1.54) is 10.6 Å². The molecule has 3 aromatic rings. The molecule has 29 heavy (non-hydrogen) atoms. The van der Waals surface area contributed by atoms with Crippen LogP contribution in [0.25, 0.3) is 10.9 Å². The van der Waals surface area contributed by atoms with Crippen LogP contribution in [0.2, 0.25) is 0 Å². The number of rotatable bonds is 5. The second-order valence-electron chi connectivity index (χ2n) is 7.69. The Morgan fingerprint density at radius 1 is 1.17 bits per heavy atom. The predicted octanol–water partition coefficient (Wildman–Crippen LogP) is 4.01. The highest BCUT2D eigenvalue weighted by Crippen LogP contribution is 2.35. The highest BCUT2D eigenvalue weighted by Gasteiger charge is 2.32. The number of aromatic nitrogens is 1. The number of nitrogens with one attached hydrogen (secondary N) is 1. The summed E-state index contributed by atoms with van der Waals surface area (Å²) in [6.45, 7) is 4.99. The van der Waals surface area contributed by atoms with E-state index in [4.69, 9.17) is 0 Å². The molecule has 4 rings (SSSR count). The molecule has 1 aliphatic heterocycles. The van der Waals surface area contributed by atoms with Gasteiger partial charge in [-0.2, -0.15) is 0 Å². The highest BCUT2D eigenvalue weighted by atomic mass is 32.2. The summed E-state index contributed by atoms with van der Waals surface area (Å²) in [6, 6.07) is 13.0. The third-order valence-corrected chi connectivity index (χ3v) is 6.62. The Morgan fingerprint density at radius 2 is 1.97 bits per heavy atom. The van der Waals surface area contributed by atoms with Gasteiger partial charge < -0.3 is 9.88 Å². The number of aryl methyl sites for hydroxylation is 1. The van der Waals surface area contributed by atoms with Gasteiger partial charge in [0.25, 0.3) is 5.91 Å². The fourth-order valence-electron chi connectivity index (χ4n) is 4.17. The van der Waals surface area contributed by atoms with Crippen molar-refractivity contribution in [3.63, 3.8) is 0 Å². The number of carbonyl (C=O) groups is 1. The molecule has 152 valence electrons. The molecule has 2 aromatic carbocycles. The van der Waals surface area contributed by atoms with Crippen LogP contribution in [-0.4, -0.2) is 31.2 Å². The molecule has 0 saturated heterocycles. The van der Waals surface area contributed by atoms with Crippen molar-refractivity contribution in [3.05, 3.63) is 59.8 Å². The van der Waals surface area contributed by atoms with E-state index >= 15 is 0 Å². The number of sulfonamides is 1. The Kier molecular flexibility index (Phi) is 4.86. The first-order valence-electron chi connectivity index (χ1n) is 9.80. The van der Waals surface area contributed by atoms with Crippen LogP contribution < -0.4 is 9.62 Å². The molecule has 0 bridgehead atoms. The number of hydrogen-bond acceptors (Lipinski definition) is 3. The molecular weight excluding hydrogens is 386 g/mol. The Morgan fingerprint density at radius 3 is 2.69 bits per heavy atom. The number of benzene rings is 2. The van der Waals surface area contributed by atoms with Crippen molar-refractivity contribution >= 4 is 38.2 Å². The lowest BCUT2D eigenvalue weighted by atomic mass is 10.1. The smallest absolute Gasteiger partial charge is 0.255 e. The van der Waals surface area contributed by atoms with Gasteiger partial charge in [-0.1, -0.05) is 6.92 Å². The van der Waals surface area contributed by atoms with E-state index in [9.17, 15) is 13.2 Å². The van der Waals surface area contributed by atoms with Gasteiger partial charge in [-0.05, 0) is 67.8 Å². The lowest BCUT2D eigenvalue weighted by molar-refractivity contribution is 0.102. The second-order valence-corrected chi connectivity index (χ2v) is 9.55. The summed E-state index contributed by atoms with van der Waals surface area (Å²) >= 11 is 0. The summed E-state index contributed by atoms with van der Waals surface area (Å²) in [4.78, 5) is 12.8. The summed E-state index contributed by atoms with van der Waals surface area (Å²) in [6.07, 6.45) is 4.94. The highest BCUT2D eigenvalue weighted by molar-refractivity contribution is 7.92. The van der Waals surface area contributed by atoms with Crippen molar-refractivity contribution in [3.8, 4) is 0 Å². The first-order valence-corrected chi connectivity index (χ1v) is 11.7. The Bertz CT molecular complexity index is 1200. The number of amides is 1. The maximum absolute atomic E-state index is 12.8. The van der Waals surface area contributed by atoms with Gasteiger partial charge in [0, 0.05) is 40.9 Å². The molecule has 1 aliphatic rings. The number of nitrogens with zero attached hydrogens (tertiary/aromatic N) is 2. The minimum Gasteiger partial charge on any atom is -0.347 e. The molecule has 1 atom stereocenters. The van der Waals surface area contributed by atoms with Crippen LogP contribution in [0.1, 0.15) is 36.2 Å². The average molecular weight is 412 g/mol. The van der Waals surface area contributed by atoms with Gasteiger partial charge in [0.05, 0.1) is 11.9 Å². The van der Waals surface area contributed by atoms with Gasteiger partial charge in [0.1, 0.15) is 0 Å². The van der Waals surface area contributed by atoms with E-state index in [1.807, 2.05) is 25.1 Å². The molecule has 2 heterocycles. The summed E-state index contributed by atoms with van der Waals surface area (Å²) in [5.41, 5.74) is 3.95. The SMILES string of the molecule is CCCn1ccc2cc(NC(=O)c3ccc4c(c3)C[C@H](C)N4S(C)(=O)=O)ccc21. The Hall–Kier alpha value is -2.80. The predicted molar refractivity (Wildman–Crippen MR) is 117 cm³/mol. The second kappa shape index (κ2) is 7.22. The van der Waals surface area contributed by atoms with Crippen molar-refractivity contribution in [2.75, 3.05) is 15.9 Å². The summed E-state index contributed by atoms with van der Waals surface area (Å²) in [7, 11) is -3.34. The minimum absolute atomic E-state index is 0.145. The first-order chi connectivity index (χ1) is 13.8. The van der Waals surface area contributed by atoms with Gasteiger partial charge in [-0.25, -0.2) is 8.42 Å². The normalized spacial score (nSPS) is 16.2. The summed E-state index contributed by atoms with van der Waals surface area (Å²) in [5, 5.41) is 4.04. The quantitative estimate of drug-likeness (QED) is 0.689. The topological polar surface area (TPSA) is 71.4 Å². The van der Waals surface area contributed by atoms with E-state index in [0.29, 0.717) is 17.7 Å². The van der Waals surface area contributed by atoms with Crippen molar-refractivity contribution in [1.82, 2.24) is 4.57 Å². The molecule has 6 nitrogen and oxygen atoms in total. The molecule has 0 unspecified atom stereocenters. The fraction of sp³-hybridized carbons (Fsp3) is 0.318. The zero-order chi connectivity index (χ0) is 20.8. The zero-order valence-electron chi connectivity index (χ0n) is 16.8. The molecule has 0 spiro atoms. The molecule has 1 aromatic heterocycles. The Balaban J connectivity index is 1.57. The number of fused-ring (bicyclic) bond motifs is 2. The first kappa shape index (κ1) is 19.5. The van der Waals surface area contributed by atoms with Gasteiger partial charge in [-0.3, -0.25) is 9.10 Å². The Labute approximate surface area is 171 Å². The number of anilines is 2. The van der Waals surface area contributed by atoms with Crippen LogP contribution in [0.5, 0.6) is 0 Å². The van der Waals surface area contributed by atoms with E-state index < -0.39 is 10.0 Å². The van der Waals surface area contributed by atoms with Crippen molar-refractivity contribution < 1.29 is 13.2 Å². The van der Waals surface area contributed by atoms with Crippen molar-refractivity contribution in [2.45, 2.75) is 39.3 Å². The fourth-order valence-corrected chi connectivity index (χ4v) is 5.43. The van der Waals surface area contributed by atoms with E-state index in [2.05, 4.69) is 29.1 Å². The van der Waals surface area contributed by atoms with Crippen LogP contribution in [0.15, 0.2) is 48.7 Å². The standard InChI is InChI=1S/C22H25N3O3S/c1-4-10-24-11-9-16-14-19(6-8-20(16)24)23-22(26)17-5-7-21-18(13-17)12-15(2)25(21)29(3,27)28/h5-9,11,13-15H,4,10,12H2,1-3H3,(H,23,26)/t15-/m0/s1. The molecule has 0 aliphatic carbocycles. The molecule has 1 amide bonds. The van der Waals surface area contributed by atoms with Crippen molar-refractivity contribution in [2.24, 2.45) is 0 Å². The third-order valence-electron chi connectivity index (χ3n) is 5.35. The third kappa shape index (κ3) is 3.62. The van der Waals surface area contributed by atoms with Crippen LogP contribution in [0.3, 0.4) is 0 Å². The van der Waals surface area contributed by atoms with E-state index in [1.54, 1.807) is 18.2 Å². The van der Waals surface area contributed by atoms with Crippen molar-refractivity contribution in [1.29, 1.82) is 0 Å². The van der Waals surface area contributed by atoms with Gasteiger partial charge in [0.15, 0.2) is 0 Å². The van der Waals surface area contributed by atoms with E-state index in [0.717, 1.165) is 35.1 Å². The molecular formula is C22H25N3O3S. The van der Waals surface area contributed by atoms with Crippen LogP contribution in [0.4, 0.5) is 11.4 Å². The molecule has 0 fully saturated rings. The maximum atomic E-state index is 12.8. The summed E-state index contributed by atoms with van der Waals surface area (Å²) < 4.78 is 27.8. The number of carbonyl (C=O) groups excluding carboxylic acids is 1. The monoisotopic (exact) mass is 411 g/mol. The van der Waals surface area contributed by atoms with Crippen LogP contribution in [-0.2, 0) is 23.0 Å². The van der Waals surface area contributed by atoms with Crippen LogP contribution in [0, 0.1) is 0 Å².